The van der Waals surface area contributed by atoms with Crippen LogP contribution in [0.3, 0.4) is 0 Å². The SMILES string of the molecule is CC1=C(CCC(C)CCC(C)CCCCO)C(C)(C)CCC1. The van der Waals surface area contributed by atoms with Crippen molar-refractivity contribution in [2.75, 3.05) is 6.61 Å². The van der Waals surface area contributed by atoms with Crippen LogP contribution in [0.2, 0.25) is 0 Å². The fourth-order valence-electron chi connectivity index (χ4n) is 4.08. The minimum absolute atomic E-state index is 0.355. The second-order valence-corrected chi connectivity index (χ2v) is 8.54. The Morgan fingerprint density at radius 1 is 1.00 bits per heavy atom. The zero-order valence-electron chi connectivity index (χ0n) is 15.9. The number of allylic oxidation sites excluding steroid dienone is 2. The van der Waals surface area contributed by atoms with E-state index in [1.54, 1.807) is 11.1 Å². The van der Waals surface area contributed by atoms with Gasteiger partial charge in [-0.25, -0.2) is 0 Å². The van der Waals surface area contributed by atoms with Crippen LogP contribution in [0.1, 0.15) is 98.8 Å². The summed E-state index contributed by atoms with van der Waals surface area (Å²) in [5, 5.41) is 8.85. The number of rotatable bonds is 10. The third-order valence-corrected chi connectivity index (χ3v) is 5.83. The normalized spacial score (nSPS) is 21.0. The molecule has 0 aromatic carbocycles. The molecule has 0 radical (unpaired) electrons. The van der Waals surface area contributed by atoms with Crippen LogP contribution in [0.25, 0.3) is 0 Å². The zero-order chi connectivity index (χ0) is 16.6. The van der Waals surface area contributed by atoms with Crippen LogP contribution < -0.4 is 0 Å². The van der Waals surface area contributed by atoms with E-state index in [9.17, 15) is 0 Å². The highest BCUT2D eigenvalue weighted by Crippen LogP contribution is 2.42. The van der Waals surface area contributed by atoms with Gasteiger partial charge in [-0.1, -0.05) is 64.5 Å². The van der Waals surface area contributed by atoms with Crippen LogP contribution in [0.4, 0.5) is 0 Å². The molecule has 0 fully saturated rings. The molecule has 1 aliphatic carbocycles. The van der Waals surface area contributed by atoms with Crippen LogP contribution in [-0.2, 0) is 0 Å². The van der Waals surface area contributed by atoms with Crippen LogP contribution in [-0.4, -0.2) is 11.7 Å². The highest BCUT2D eigenvalue weighted by molar-refractivity contribution is 5.22. The van der Waals surface area contributed by atoms with Crippen LogP contribution >= 0.6 is 0 Å². The largest absolute Gasteiger partial charge is 0.396 e. The maximum Gasteiger partial charge on any atom is 0.0431 e. The zero-order valence-corrected chi connectivity index (χ0v) is 15.9. The van der Waals surface area contributed by atoms with Gasteiger partial charge in [0.25, 0.3) is 0 Å². The van der Waals surface area contributed by atoms with E-state index in [-0.39, 0.29) is 0 Å². The number of aliphatic hydroxyl groups excluding tert-OH is 1. The first-order chi connectivity index (χ1) is 10.4. The number of hydrogen-bond donors (Lipinski definition) is 1. The monoisotopic (exact) mass is 308 g/mol. The number of hydrogen-bond acceptors (Lipinski definition) is 1. The fraction of sp³-hybridized carbons (Fsp3) is 0.905. The van der Waals surface area contributed by atoms with Gasteiger partial charge in [0.1, 0.15) is 0 Å². The van der Waals surface area contributed by atoms with E-state index in [4.69, 9.17) is 5.11 Å². The molecule has 22 heavy (non-hydrogen) atoms. The van der Waals surface area contributed by atoms with Crippen molar-refractivity contribution in [2.45, 2.75) is 98.8 Å². The number of aliphatic hydroxyl groups is 1. The van der Waals surface area contributed by atoms with Gasteiger partial charge in [0.05, 0.1) is 0 Å². The summed E-state index contributed by atoms with van der Waals surface area (Å²) in [7, 11) is 0. The van der Waals surface area contributed by atoms with Gasteiger partial charge in [-0.15, -0.1) is 0 Å². The van der Waals surface area contributed by atoms with Gasteiger partial charge >= 0.3 is 0 Å². The molecule has 2 unspecified atom stereocenters. The molecular formula is C21H40O. The Kier molecular flexibility index (Phi) is 8.75. The Hall–Kier alpha value is -0.300. The molecule has 130 valence electrons. The second kappa shape index (κ2) is 9.75. The fourth-order valence-corrected chi connectivity index (χ4v) is 4.08. The lowest BCUT2D eigenvalue weighted by Gasteiger charge is -2.35. The van der Waals surface area contributed by atoms with Gasteiger partial charge in [-0.3, -0.25) is 0 Å². The first-order valence-electron chi connectivity index (χ1n) is 9.66. The summed E-state index contributed by atoms with van der Waals surface area (Å²) in [4.78, 5) is 0. The summed E-state index contributed by atoms with van der Waals surface area (Å²) in [6.07, 6.45) is 12.9. The van der Waals surface area contributed by atoms with Crippen LogP contribution in [0, 0.1) is 17.3 Å². The molecule has 2 atom stereocenters. The quantitative estimate of drug-likeness (QED) is 0.360. The molecule has 0 aliphatic heterocycles. The molecule has 1 aliphatic rings. The molecule has 1 heteroatoms. The third-order valence-electron chi connectivity index (χ3n) is 5.83. The molecule has 1 rings (SSSR count). The van der Waals surface area contributed by atoms with E-state index in [0.29, 0.717) is 12.0 Å². The van der Waals surface area contributed by atoms with Gasteiger partial charge in [-0.05, 0) is 62.7 Å². The maximum absolute atomic E-state index is 8.85. The van der Waals surface area contributed by atoms with Gasteiger partial charge in [0.15, 0.2) is 0 Å². The maximum atomic E-state index is 8.85. The van der Waals surface area contributed by atoms with E-state index in [2.05, 4.69) is 34.6 Å². The summed E-state index contributed by atoms with van der Waals surface area (Å²) in [5.74, 6) is 1.67. The number of unbranched alkanes of at least 4 members (excludes halogenated alkanes) is 1. The highest BCUT2D eigenvalue weighted by Gasteiger charge is 2.28. The van der Waals surface area contributed by atoms with Gasteiger partial charge in [0.2, 0.25) is 0 Å². The predicted molar refractivity (Wildman–Crippen MR) is 98.1 cm³/mol. The van der Waals surface area contributed by atoms with Crippen molar-refractivity contribution in [3.8, 4) is 0 Å². The minimum Gasteiger partial charge on any atom is -0.396 e. The van der Waals surface area contributed by atoms with Gasteiger partial charge < -0.3 is 5.11 Å². The van der Waals surface area contributed by atoms with E-state index < -0.39 is 0 Å². The Morgan fingerprint density at radius 2 is 1.64 bits per heavy atom. The lowest BCUT2D eigenvalue weighted by atomic mass is 9.70. The Labute approximate surface area is 139 Å². The lowest BCUT2D eigenvalue weighted by Crippen LogP contribution is -2.20. The molecule has 0 amide bonds. The lowest BCUT2D eigenvalue weighted by molar-refractivity contribution is 0.276. The first kappa shape index (κ1) is 19.7. The third kappa shape index (κ3) is 6.86. The minimum atomic E-state index is 0.355. The average Bonchev–Trinajstić information content (AvgIpc) is 2.44. The summed E-state index contributed by atoms with van der Waals surface area (Å²) in [6.45, 7) is 12.4. The van der Waals surface area contributed by atoms with Crippen molar-refractivity contribution >= 4 is 0 Å². The molecule has 0 heterocycles. The van der Waals surface area contributed by atoms with Gasteiger partial charge in [-0.2, -0.15) is 0 Å². The molecule has 0 saturated carbocycles. The summed E-state index contributed by atoms with van der Waals surface area (Å²) < 4.78 is 0. The van der Waals surface area contributed by atoms with Gasteiger partial charge in [0, 0.05) is 6.61 Å². The molecular weight excluding hydrogens is 268 g/mol. The summed E-state index contributed by atoms with van der Waals surface area (Å²) in [5.41, 5.74) is 3.89. The molecule has 1 N–H and O–H groups in total. The summed E-state index contributed by atoms with van der Waals surface area (Å²) in [6, 6.07) is 0. The second-order valence-electron chi connectivity index (χ2n) is 8.54. The first-order valence-corrected chi connectivity index (χ1v) is 9.66. The standard InChI is InChI=1S/C21H40O/c1-17(9-6-7-16-22)11-12-18(2)13-14-20-19(3)10-8-15-21(20,4)5/h17-18,22H,6-16H2,1-5H3. The highest BCUT2D eigenvalue weighted by atomic mass is 16.2. The van der Waals surface area contributed by atoms with Crippen molar-refractivity contribution in [2.24, 2.45) is 17.3 Å². The van der Waals surface area contributed by atoms with E-state index >= 15 is 0 Å². The molecule has 0 saturated heterocycles. The Morgan fingerprint density at radius 3 is 2.23 bits per heavy atom. The van der Waals surface area contributed by atoms with Crippen molar-refractivity contribution in [1.82, 2.24) is 0 Å². The Balaban J connectivity index is 2.29. The van der Waals surface area contributed by atoms with E-state index in [1.807, 2.05) is 0 Å². The van der Waals surface area contributed by atoms with Crippen molar-refractivity contribution < 1.29 is 5.11 Å². The smallest absolute Gasteiger partial charge is 0.0431 e. The average molecular weight is 309 g/mol. The predicted octanol–water partition coefficient (Wildman–Crippen LogP) is 6.51. The van der Waals surface area contributed by atoms with E-state index in [1.165, 1.54) is 57.8 Å². The van der Waals surface area contributed by atoms with Crippen molar-refractivity contribution in [1.29, 1.82) is 0 Å². The molecule has 0 aromatic heterocycles. The molecule has 1 nitrogen and oxygen atoms in total. The van der Waals surface area contributed by atoms with Crippen LogP contribution in [0.15, 0.2) is 11.1 Å². The van der Waals surface area contributed by atoms with Crippen molar-refractivity contribution in [3.63, 3.8) is 0 Å². The van der Waals surface area contributed by atoms with Crippen LogP contribution in [0.5, 0.6) is 0 Å². The molecule has 0 aromatic rings. The Bertz CT molecular complexity index is 340. The van der Waals surface area contributed by atoms with E-state index in [0.717, 1.165) is 18.3 Å². The summed E-state index contributed by atoms with van der Waals surface area (Å²) >= 11 is 0. The van der Waals surface area contributed by atoms with Crippen molar-refractivity contribution in [3.05, 3.63) is 11.1 Å². The molecule has 0 spiro atoms. The molecule has 0 bridgehead atoms. The topological polar surface area (TPSA) is 20.2 Å².